The van der Waals surface area contributed by atoms with Crippen molar-refractivity contribution >= 4 is 0 Å². The molecule has 1 aliphatic rings. The van der Waals surface area contributed by atoms with E-state index in [0.29, 0.717) is 0 Å². The smallest absolute Gasteiger partial charge is 0.0876 e. The molecule has 0 saturated heterocycles. The molecule has 0 aromatic carbocycles. The number of hydrogen-bond donors (Lipinski definition) is 1. The molecule has 2 rings (SSSR count). The molecule has 0 spiro atoms. The van der Waals surface area contributed by atoms with Gasteiger partial charge in [-0.15, -0.1) is 0 Å². The van der Waals surface area contributed by atoms with E-state index in [-0.39, 0.29) is 6.10 Å². The van der Waals surface area contributed by atoms with Crippen LogP contribution >= 0.6 is 0 Å². The molecule has 0 amide bonds. The molecule has 1 aromatic heterocycles. The molecule has 1 N–H and O–H groups in total. The normalized spacial score (nSPS) is 17.4. The van der Waals surface area contributed by atoms with E-state index in [1.54, 1.807) is 18.7 Å². The van der Waals surface area contributed by atoms with Crippen molar-refractivity contribution in [1.29, 1.82) is 0 Å². The Morgan fingerprint density at radius 2 is 2.19 bits per heavy atom. The second kappa shape index (κ2) is 5.66. The van der Waals surface area contributed by atoms with E-state index in [4.69, 9.17) is 4.74 Å². The zero-order valence-corrected chi connectivity index (χ0v) is 9.30. The van der Waals surface area contributed by atoms with Gasteiger partial charge in [0.15, 0.2) is 0 Å². The number of aromatic nitrogens is 1. The molecule has 0 saturated carbocycles. The van der Waals surface area contributed by atoms with Crippen LogP contribution in [0.3, 0.4) is 0 Å². The average molecular weight is 219 g/mol. The summed E-state index contributed by atoms with van der Waals surface area (Å²) >= 11 is 0. The highest BCUT2D eigenvalue weighted by atomic mass is 16.5. The Kier molecular flexibility index (Phi) is 3.94. The summed E-state index contributed by atoms with van der Waals surface area (Å²) in [6.07, 6.45) is 8.51. The first-order chi connectivity index (χ1) is 7.86. The Labute approximate surface area is 95.8 Å². The molecule has 2 heterocycles. The average Bonchev–Trinajstić information content (AvgIpc) is 2.38. The predicted molar refractivity (Wildman–Crippen MR) is 61.8 cm³/mol. The van der Waals surface area contributed by atoms with Crippen LogP contribution in [0.1, 0.15) is 24.8 Å². The van der Waals surface area contributed by atoms with Crippen LogP contribution in [0.25, 0.3) is 0 Å². The van der Waals surface area contributed by atoms with Gasteiger partial charge in [0.2, 0.25) is 0 Å². The maximum Gasteiger partial charge on any atom is 0.0876 e. The van der Waals surface area contributed by atoms with Gasteiger partial charge in [0.1, 0.15) is 0 Å². The fourth-order valence-corrected chi connectivity index (χ4v) is 1.87. The minimum absolute atomic E-state index is 0.367. The van der Waals surface area contributed by atoms with E-state index in [9.17, 15) is 5.11 Å². The molecule has 1 unspecified atom stereocenters. The Balaban J connectivity index is 1.83. The lowest BCUT2D eigenvalue weighted by Crippen LogP contribution is -2.15. The fourth-order valence-electron chi connectivity index (χ4n) is 1.87. The summed E-state index contributed by atoms with van der Waals surface area (Å²) in [6, 6.07) is 3.97. The van der Waals surface area contributed by atoms with Crippen LogP contribution in [-0.2, 0) is 11.2 Å². The van der Waals surface area contributed by atoms with E-state index in [2.05, 4.69) is 4.98 Å². The van der Waals surface area contributed by atoms with Gasteiger partial charge >= 0.3 is 0 Å². The van der Waals surface area contributed by atoms with E-state index in [1.807, 2.05) is 12.1 Å². The van der Waals surface area contributed by atoms with Crippen molar-refractivity contribution in [3.8, 4) is 0 Å². The van der Waals surface area contributed by atoms with Gasteiger partial charge in [0.25, 0.3) is 0 Å². The molecule has 0 aliphatic carbocycles. The lowest BCUT2D eigenvalue weighted by atomic mass is 9.99. The van der Waals surface area contributed by atoms with Crippen LogP contribution in [0, 0.1) is 0 Å². The summed E-state index contributed by atoms with van der Waals surface area (Å²) in [6.45, 7) is 0.778. The van der Waals surface area contributed by atoms with Crippen molar-refractivity contribution in [3.05, 3.63) is 41.9 Å². The minimum Gasteiger partial charge on any atom is -0.501 e. The highest BCUT2D eigenvalue weighted by molar-refractivity contribution is 5.12. The number of ether oxygens (including phenoxy) is 1. The van der Waals surface area contributed by atoms with Crippen LogP contribution in [-0.4, -0.2) is 22.8 Å². The van der Waals surface area contributed by atoms with Crippen molar-refractivity contribution in [3.63, 3.8) is 0 Å². The highest BCUT2D eigenvalue weighted by Gasteiger charge is 2.13. The van der Waals surface area contributed by atoms with Gasteiger partial charge in [0.05, 0.1) is 19.0 Å². The second-order valence-corrected chi connectivity index (χ2v) is 4.08. The van der Waals surface area contributed by atoms with Crippen LogP contribution in [0.15, 0.2) is 36.4 Å². The van der Waals surface area contributed by atoms with E-state index < -0.39 is 0 Å². The number of aryl methyl sites for hydroxylation is 1. The first-order valence-electron chi connectivity index (χ1n) is 5.74. The summed E-state index contributed by atoms with van der Waals surface area (Å²) in [5, 5.41) is 9.97. The standard InChI is InChI=1S/C13H17NO2/c15-13(12-2-1-9-16-10-12)4-3-11-5-7-14-8-6-11/h5-8,10,13,15H,1-4,9H2. The van der Waals surface area contributed by atoms with E-state index in [1.165, 1.54) is 5.56 Å². The first kappa shape index (κ1) is 11.1. The van der Waals surface area contributed by atoms with Gasteiger partial charge in [0, 0.05) is 12.4 Å². The zero-order valence-electron chi connectivity index (χ0n) is 9.30. The lowest BCUT2D eigenvalue weighted by Gasteiger charge is -2.18. The van der Waals surface area contributed by atoms with Crippen molar-refractivity contribution in [2.75, 3.05) is 6.61 Å². The Bertz CT molecular complexity index is 348. The minimum atomic E-state index is -0.367. The lowest BCUT2D eigenvalue weighted by molar-refractivity contribution is 0.162. The highest BCUT2D eigenvalue weighted by Crippen LogP contribution is 2.19. The number of aliphatic hydroxyl groups excluding tert-OH is 1. The number of pyridine rings is 1. The molecular weight excluding hydrogens is 202 g/mol. The number of aliphatic hydroxyl groups is 1. The monoisotopic (exact) mass is 219 g/mol. The number of rotatable bonds is 4. The molecule has 3 nitrogen and oxygen atoms in total. The molecule has 0 fully saturated rings. The van der Waals surface area contributed by atoms with Gasteiger partial charge in [-0.1, -0.05) is 0 Å². The van der Waals surface area contributed by atoms with Gasteiger partial charge in [-0.2, -0.15) is 0 Å². The van der Waals surface area contributed by atoms with Crippen molar-refractivity contribution in [2.24, 2.45) is 0 Å². The van der Waals surface area contributed by atoms with Crippen molar-refractivity contribution < 1.29 is 9.84 Å². The third kappa shape index (κ3) is 3.07. The van der Waals surface area contributed by atoms with Gasteiger partial charge in [-0.05, 0) is 49.0 Å². The van der Waals surface area contributed by atoms with Crippen LogP contribution in [0.5, 0.6) is 0 Å². The summed E-state index contributed by atoms with van der Waals surface area (Å²) < 4.78 is 5.22. The second-order valence-electron chi connectivity index (χ2n) is 4.08. The van der Waals surface area contributed by atoms with Gasteiger partial charge in [-0.3, -0.25) is 4.98 Å². The Hall–Kier alpha value is -1.35. The number of nitrogens with zero attached hydrogens (tertiary/aromatic N) is 1. The summed E-state index contributed by atoms with van der Waals surface area (Å²) in [5.74, 6) is 0. The molecule has 3 heteroatoms. The maximum absolute atomic E-state index is 9.97. The predicted octanol–water partition coefficient (Wildman–Crippen LogP) is 2.07. The van der Waals surface area contributed by atoms with Crippen LogP contribution in [0.2, 0.25) is 0 Å². The topological polar surface area (TPSA) is 42.4 Å². The fraction of sp³-hybridized carbons (Fsp3) is 0.462. The molecule has 16 heavy (non-hydrogen) atoms. The van der Waals surface area contributed by atoms with Gasteiger partial charge in [-0.25, -0.2) is 0 Å². The van der Waals surface area contributed by atoms with Crippen molar-refractivity contribution in [2.45, 2.75) is 31.8 Å². The maximum atomic E-state index is 9.97. The summed E-state index contributed by atoms with van der Waals surface area (Å²) in [5.41, 5.74) is 2.24. The molecular formula is C13H17NO2. The van der Waals surface area contributed by atoms with Gasteiger partial charge < -0.3 is 9.84 Å². The zero-order chi connectivity index (χ0) is 11.2. The summed E-state index contributed by atoms with van der Waals surface area (Å²) in [4.78, 5) is 3.97. The van der Waals surface area contributed by atoms with Crippen LogP contribution in [0.4, 0.5) is 0 Å². The Morgan fingerprint density at radius 1 is 1.38 bits per heavy atom. The quantitative estimate of drug-likeness (QED) is 0.843. The SMILES string of the molecule is OC(CCc1ccncc1)C1=COCCC1. The molecule has 0 radical (unpaired) electrons. The molecule has 0 bridgehead atoms. The molecule has 86 valence electrons. The third-order valence-electron chi connectivity index (χ3n) is 2.85. The van der Waals surface area contributed by atoms with Crippen LogP contribution < -0.4 is 0 Å². The summed E-state index contributed by atoms with van der Waals surface area (Å²) in [7, 11) is 0. The third-order valence-corrected chi connectivity index (χ3v) is 2.85. The van der Waals surface area contributed by atoms with E-state index >= 15 is 0 Å². The molecule has 1 aromatic rings. The number of hydrogen-bond acceptors (Lipinski definition) is 3. The molecule has 1 atom stereocenters. The van der Waals surface area contributed by atoms with E-state index in [0.717, 1.165) is 37.9 Å². The Morgan fingerprint density at radius 3 is 2.88 bits per heavy atom. The first-order valence-corrected chi connectivity index (χ1v) is 5.74. The largest absolute Gasteiger partial charge is 0.501 e. The van der Waals surface area contributed by atoms with Crippen molar-refractivity contribution in [1.82, 2.24) is 4.98 Å². The molecule has 1 aliphatic heterocycles.